The third-order valence-electron chi connectivity index (χ3n) is 2.90. The van der Waals surface area contributed by atoms with E-state index in [9.17, 15) is 0 Å². The number of rotatable bonds is 3. The number of anilines is 3. The van der Waals surface area contributed by atoms with Gasteiger partial charge in [-0.1, -0.05) is 0 Å². The fourth-order valence-corrected chi connectivity index (χ4v) is 1.93. The Morgan fingerprint density at radius 3 is 2.53 bits per heavy atom. The van der Waals surface area contributed by atoms with Gasteiger partial charge in [-0.3, -0.25) is 0 Å². The molecule has 0 amide bonds. The largest absolute Gasteiger partial charge is 0.378 e. The minimum absolute atomic E-state index is 0.573. The smallest absolute Gasteiger partial charge is 0.227 e. The Balaban J connectivity index is 1.68. The first-order valence-corrected chi connectivity index (χ1v) is 6.24. The summed E-state index contributed by atoms with van der Waals surface area (Å²) in [5, 5.41) is 3.11. The summed E-state index contributed by atoms with van der Waals surface area (Å²) in [6.07, 6.45) is 5.19. The van der Waals surface area contributed by atoms with Crippen molar-refractivity contribution in [3.63, 3.8) is 0 Å². The highest BCUT2D eigenvalue weighted by Gasteiger charge is 2.11. The van der Waals surface area contributed by atoms with E-state index >= 15 is 0 Å². The van der Waals surface area contributed by atoms with Crippen molar-refractivity contribution in [2.24, 2.45) is 0 Å². The van der Waals surface area contributed by atoms with Crippen LogP contribution in [0.25, 0.3) is 0 Å². The van der Waals surface area contributed by atoms with Gasteiger partial charge in [-0.2, -0.15) is 0 Å². The fraction of sp³-hybridized carbons (Fsp3) is 0.308. The molecule has 0 bridgehead atoms. The van der Waals surface area contributed by atoms with E-state index in [1.807, 2.05) is 12.1 Å². The van der Waals surface area contributed by atoms with Crippen LogP contribution in [0, 0.1) is 0 Å². The van der Waals surface area contributed by atoms with Crippen LogP contribution in [0.3, 0.4) is 0 Å². The highest BCUT2D eigenvalue weighted by molar-refractivity contribution is 5.54. The lowest BCUT2D eigenvalue weighted by molar-refractivity contribution is 0.122. The van der Waals surface area contributed by atoms with E-state index in [4.69, 9.17) is 4.74 Å². The number of hydrogen-bond acceptors (Lipinski definition) is 6. The van der Waals surface area contributed by atoms with Crippen molar-refractivity contribution < 1.29 is 4.74 Å². The van der Waals surface area contributed by atoms with Crippen molar-refractivity contribution in [2.45, 2.75) is 0 Å². The standard InChI is InChI=1S/C13H15N5O/c1-4-14-13(15-5-1)17-11-2-3-12(16-10-11)18-6-8-19-9-7-18/h1-5,10H,6-9H2,(H,14,15,17). The van der Waals surface area contributed by atoms with E-state index < -0.39 is 0 Å². The molecule has 0 spiro atoms. The zero-order valence-corrected chi connectivity index (χ0v) is 10.5. The van der Waals surface area contributed by atoms with Crippen LogP contribution in [-0.4, -0.2) is 41.3 Å². The average molecular weight is 257 g/mol. The summed E-state index contributed by atoms with van der Waals surface area (Å²) < 4.78 is 5.33. The second kappa shape index (κ2) is 5.62. The van der Waals surface area contributed by atoms with Gasteiger partial charge in [0.2, 0.25) is 5.95 Å². The van der Waals surface area contributed by atoms with Crippen LogP contribution < -0.4 is 10.2 Å². The maximum absolute atomic E-state index is 5.33. The van der Waals surface area contributed by atoms with Crippen molar-refractivity contribution in [1.82, 2.24) is 15.0 Å². The molecule has 6 heteroatoms. The van der Waals surface area contributed by atoms with Gasteiger partial charge in [0, 0.05) is 25.5 Å². The monoisotopic (exact) mass is 257 g/mol. The Morgan fingerprint density at radius 2 is 1.84 bits per heavy atom. The summed E-state index contributed by atoms with van der Waals surface area (Å²) in [5.41, 5.74) is 0.878. The molecule has 0 aromatic carbocycles. The average Bonchev–Trinajstić information content (AvgIpc) is 2.50. The molecular weight excluding hydrogens is 242 g/mol. The Morgan fingerprint density at radius 1 is 1.05 bits per heavy atom. The number of morpholine rings is 1. The zero-order chi connectivity index (χ0) is 12.9. The summed E-state index contributed by atoms with van der Waals surface area (Å²) >= 11 is 0. The van der Waals surface area contributed by atoms with Gasteiger partial charge in [-0.05, 0) is 18.2 Å². The minimum atomic E-state index is 0.573. The number of pyridine rings is 1. The minimum Gasteiger partial charge on any atom is -0.378 e. The Kier molecular flexibility index (Phi) is 3.51. The Labute approximate surface area is 111 Å². The molecule has 98 valence electrons. The quantitative estimate of drug-likeness (QED) is 0.898. The molecule has 0 atom stereocenters. The van der Waals surface area contributed by atoms with Crippen LogP contribution in [0.4, 0.5) is 17.5 Å². The summed E-state index contributed by atoms with van der Waals surface area (Å²) in [5.74, 6) is 1.55. The maximum atomic E-state index is 5.33. The number of nitrogens with one attached hydrogen (secondary N) is 1. The highest BCUT2D eigenvalue weighted by atomic mass is 16.5. The molecule has 6 nitrogen and oxygen atoms in total. The van der Waals surface area contributed by atoms with Crippen LogP contribution in [-0.2, 0) is 4.74 Å². The first-order chi connectivity index (χ1) is 9.42. The topological polar surface area (TPSA) is 63.2 Å². The summed E-state index contributed by atoms with van der Waals surface area (Å²) in [6.45, 7) is 3.31. The van der Waals surface area contributed by atoms with Gasteiger partial charge in [0.1, 0.15) is 5.82 Å². The summed E-state index contributed by atoms with van der Waals surface area (Å²) in [4.78, 5) is 14.9. The molecule has 3 rings (SSSR count). The lowest BCUT2D eigenvalue weighted by atomic mass is 10.3. The molecule has 1 N–H and O–H groups in total. The van der Waals surface area contributed by atoms with Gasteiger partial charge in [0.15, 0.2) is 0 Å². The fourth-order valence-electron chi connectivity index (χ4n) is 1.93. The second-order valence-electron chi connectivity index (χ2n) is 4.20. The van der Waals surface area contributed by atoms with E-state index in [-0.39, 0.29) is 0 Å². The maximum Gasteiger partial charge on any atom is 0.227 e. The Bertz CT molecular complexity index is 510. The molecule has 0 unspecified atom stereocenters. The molecule has 0 saturated carbocycles. The van der Waals surface area contributed by atoms with Crippen molar-refractivity contribution in [3.05, 3.63) is 36.8 Å². The zero-order valence-electron chi connectivity index (χ0n) is 10.5. The first kappa shape index (κ1) is 11.9. The number of ether oxygens (including phenoxy) is 1. The molecular formula is C13H15N5O. The SMILES string of the molecule is c1cnc(Nc2ccc(N3CCOCC3)nc2)nc1. The third kappa shape index (κ3) is 2.97. The van der Waals surface area contributed by atoms with Crippen LogP contribution in [0.5, 0.6) is 0 Å². The van der Waals surface area contributed by atoms with Gasteiger partial charge in [-0.25, -0.2) is 15.0 Å². The van der Waals surface area contributed by atoms with Crippen LogP contribution in [0.2, 0.25) is 0 Å². The molecule has 2 aromatic heterocycles. The number of hydrogen-bond donors (Lipinski definition) is 1. The van der Waals surface area contributed by atoms with Crippen molar-refractivity contribution >= 4 is 17.5 Å². The third-order valence-corrected chi connectivity index (χ3v) is 2.90. The van der Waals surface area contributed by atoms with Crippen LogP contribution in [0.1, 0.15) is 0 Å². The Hall–Kier alpha value is -2.21. The summed E-state index contributed by atoms with van der Waals surface area (Å²) in [6, 6.07) is 5.76. The van der Waals surface area contributed by atoms with Gasteiger partial charge in [0.25, 0.3) is 0 Å². The molecule has 1 fully saturated rings. The summed E-state index contributed by atoms with van der Waals surface area (Å²) in [7, 11) is 0. The normalized spacial score (nSPS) is 15.3. The molecule has 0 radical (unpaired) electrons. The predicted molar refractivity (Wildman–Crippen MR) is 72.6 cm³/mol. The number of aromatic nitrogens is 3. The van der Waals surface area contributed by atoms with E-state index in [1.165, 1.54) is 0 Å². The lowest BCUT2D eigenvalue weighted by Gasteiger charge is -2.27. The molecule has 2 aromatic rings. The highest BCUT2D eigenvalue weighted by Crippen LogP contribution is 2.17. The first-order valence-electron chi connectivity index (χ1n) is 6.24. The molecule has 0 aliphatic carbocycles. The predicted octanol–water partition coefficient (Wildman–Crippen LogP) is 1.45. The van der Waals surface area contributed by atoms with E-state index in [0.29, 0.717) is 5.95 Å². The van der Waals surface area contributed by atoms with Crippen molar-refractivity contribution in [2.75, 3.05) is 36.5 Å². The number of nitrogens with zero attached hydrogens (tertiary/aromatic N) is 4. The molecule has 19 heavy (non-hydrogen) atoms. The van der Waals surface area contributed by atoms with Crippen molar-refractivity contribution in [3.8, 4) is 0 Å². The lowest BCUT2D eigenvalue weighted by Crippen LogP contribution is -2.36. The second-order valence-corrected chi connectivity index (χ2v) is 4.20. The molecule has 1 aliphatic rings. The van der Waals surface area contributed by atoms with Gasteiger partial charge < -0.3 is 15.0 Å². The molecule has 1 saturated heterocycles. The van der Waals surface area contributed by atoms with Crippen molar-refractivity contribution in [1.29, 1.82) is 0 Å². The van der Waals surface area contributed by atoms with Gasteiger partial charge in [-0.15, -0.1) is 0 Å². The molecule has 1 aliphatic heterocycles. The van der Waals surface area contributed by atoms with Gasteiger partial charge >= 0.3 is 0 Å². The van der Waals surface area contributed by atoms with E-state index in [1.54, 1.807) is 24.7 Å². The van der Waals surface area contributed by atoms with Crippen LogP contribution in [0.15, 0.2) is 36.8 Å². The molecule has 3 heterocycles. The van der Waals surface area contributed by atoms with E-state index in [0.717, 1.165) is 37.8 Å². The van der Waals surface area contributed by atoms with Gasteiger partial charge in [0.05, 0.1) is 25.1 Å². The van der Waals surface area contributed by atoms with Crippen LogP contribution >= 0.6 is 0 Å². The van der Waals surface area contributed by atoms with E-state index in [2.05, 4.69) is 25.2 Å².